The van der Waals surface area contributed by atoms with Crippen LogP contribution < -0.4 is 4.74 Å². The van der Waals surface area contributed by atoms with E-state index >= 15 is 0 Å². The van der Waals surface area contributed by atoms with Gasteiger partial charge in [-0.3, -0.25) is 4.79 Å². The number of carbonyl (C=O) groups excluding carboxylic acids is 1. The van der Waals surface area contributed by atoms with Gasteiger partial charge in [0.25, 0.3) is 0 Å². The summed E-state index contributed by atoms with van der Waals surface area (Å²) in [5, 5.41) is 0.275. The second-order valence-electron chi connectivity index (χ2n) is 9.01. The van der Waals surface area contributed by atoms with Crippen LogP contribution in [0.4, 0.5) is 0 Å². The second-order valence-corrected chi connectivity index (χ2v) is 10.1. The number of ether oxygens (including phenoxy) is 1. The number of unbranched alkanes of at least 4 members (excludes halogenated alkanes) is 11. The largest absolute Gasteiger partial charge is 0.494 e. The van der Waals surface area contributed by atoms with Crippen LogP contribution in [0.5, 0.6) is 5.75 Å². The van der Waals surface area contributed by atoms with Crippen LogP contribution in [0.2, 0.25) is 0 Å². The van der Waals surface area contributed by atoms with Crippen LogP contribution in [0.15, 0.2) is 53.4 Å². The minimum absolute atomic E-state index is 0.275. The highest BCUT2D eigenvalue weighted by molar-refractivity contribution is 8.13. The lowest BCUT2D eigenvalue weighted by Gasteiger charge is -2.08. The Kier molecular flexibility index (Phi) is 14.8. The predicted molar refractivity (Wildman–Crippen MR) is 144 cm³/mol. The third-order valence-corrected chi connectivity index (χ3v) is 6.96. The van der Waals surface area contributed by atoms with Crippen molar-refractivity contribution in [3.8, 4) is 16.9 Å². The molecule has 0 heterocycles. The van der Waals surface area contributed by atoms with Gasteiger partial charge in [0.15, 0.2) is 5.12 Å². The van der Waals surface area contributed by atoms with Crippen molar-refractivity contribution < 1.29 is 9.53 Å². The Morgan fingerprint density at radius 2 is 1.12 bits per heavy atom. The smallest absolute Gasteiger partial charge is 0.193 e. The number of benzene rings is 2. The van der Waals surface area contributed by atoms with Crippen molar-refractivity contribution in [3.05, 3.63) is 48.5 Å². The molecule has 0 aliphatic carbocycles. The Labute approximate surface area is 206 Å². The van der Waals surface area contributed by atoms with Crippen LogP contribution in [-0.4, -0.2) is 11.7 Å². The van der Waals surface area contributed by atoms with Crippen molar-refractivity contribution in [2.24, 2.45) is 0 Å². The zero-order valence-corrected chi connectivity index (χ0v) is 21.8. The highest BCUT2D eigenvalue weighted by Crippen LogP contribution is 2.27. The summed E-state index contributed by atoms with van der Waals surface area (Å²) in [7, 11) is 0. The maximum absolute atomic E-state index is 12.2. The molecule has 2 aromatic rings. The van der Waals surface area contributed by atoms with E-state index in [9.17, 15) is 4.79 Å². The molecular weight excluding hydrogens is 424 g/mol. The van der Waals surface area contributed by atoms with E-state index in [4.69, 9.17) is 4.74 Å². The SMILES string of the molecule is CCCCCCCCCCOc1ccc(-c2ccc(SC(=O)CCCCCCC)cc2)cc1. The number of hydrogen-bond acceptors (Lipinski definition) is 3. The van der Waals surface area contributed by atoms with E-state index in [1.54, 1.807) is 0 Å². The summed E-state index contributed by atoms with van der Waals surface area (Å²) in [6.45, 7) is 5.28. The lowest BCUT2D eigenvalue weighted by atomic mass is 10.1. The van der Waals surface area contributed by atoms with Crippen LogP contribution in [0.3, 0.4) is 0 Å². The van der Waals surface area contributed by atoms with E-state index in [1.807, 2.05) is 0 Å². The maximum Gasteiger partial charge on any atom is 0.193 e. The van der Waals surface area contributed by atoms with E-state index < -0.39 is 0 Å². The molecule has 2 aromatic carbocycles. The van der Waals surface area contributed by atoms with Crippen LogP contribution in [0.1, 0.15) is 104 Å². The lowest BCUT2D eigenvalue weighted by Crippen LogP contribution is -1.97. The number of hydrogen-bond donors (Lipinski definition) is 0. The van der Waals surface area contributed by atoms with Crippen molar-refractivity contribution in [2.45, 2.75) is 109 Å². The molecule has 33 heavy (non-hydrogen) atoms. The molecule has 0 fully saturated rings. The summed E-state index contributed by atoms with van der Waals surface area (Å²) >= 11 is 1.37. The molecule has 0 amide bonds. The second kappa shape index (κ2) is 17.7. The summed E-state index contributed by atoms with van der Waals surface area (Å²) in [5.41, 5.74) is 2.34. The molecule has 0 aromatic heterocycles. The fourth-order valence-corrected chi connectivity index (χ4v) is 4.72. The quantitative estimate of drug-likeness (QED) is 0.161. The molecule has 0 bridgehead atoms. The zero-order chi connectivity index (χ0) is 23.6. The molecule has 0 unspecified atom stereocenters. The highest BCUT2D eigenvalue weighted by Gasteiger charge is 2.06. The van der Waals surface area contributed by atoms with E-state index in [0.717, 1.165) is 36.5 Å². The lowest BCUT2D eigenvalue weighted by molar-refractivity contribution is -0.111. The van der Waals surface area contributed by atoms with Gasteiger partial charge in [0.1, 0.15) is 5.75 Å². The molecule has 0 saturated carbocycles. The van der Waals surface area contributed by atoms with Crippen molar-refractivity contribution in [3.63, 3.8) is 0 Å². The van der Waals surface area contributed by atoms with Gasteiger partial charge in [0.05, 0.1) is 6.61 Å². The summed E-state index contributed by atoms with van der Waals surface area (Å²) < 4.78 is 5.92. The standard InChI is InChI=1S/C30H44O2S/c1-3-5-7-9-10-11-13-15-25-32-28-21-17-26(18-22-28)27-19-23-29(24-20-27)33-30(31)16-14-12-8-6-4-2/h17-24H,3-16,25H2,1-2H3. The molecule has 0 aliphatic heterocycles. The molecular formula is C30H44O2S. The molecule has 0 atom stereocenters. The van der Waals surface area contributed by atoms with Gasteiger partial charge in [0.2, 0.25) is 0 Å². The normalized spacial score (nSPS) is 11.0. The average molecular weight is 469 g/mol. The van der Waals surface area contributed by atoms with E-state index in [1.165, 1.54) is 87.1 Å². The fraction of sp³-hybridized carbons (Fsp3) is 0.567. The summed E-state index contributed by atoms with van der Waals surface area (Å²) in [5.74, 6) is 0.943. The molecule has 2 nitrogen and oxygen atoms in total. The van der Waals surface area contributed by atoms with E-state index in [-0.39, 0.29) is 5.12 Å². The minimum atomic E-state index is 0.275. The van der Waals surface area contributed by atoms with Gasteiger partial charge in [0, 0.05) is 11.3 Å². The highest BCUT2D eigenvalue weighted by atomic mass is 32.2. The zero-order valence-electron chi connectivity index (χ0n) is 21.0. The van der Waals surface area contributed by atoms with Crippen LogP contribution >= 0.6 is 11.8 Å². The first-order valence-electron chi connectivity index (χ1n) is 13.3. The maximum atomic E-state index is 12.2. The minimum Gasteiger partial charge on any atom is -0.494 e. The van der Waals surface area contributed by atoms with Gasteiger partial charge in [-0.2, -0.15) is 0 Å². The fourth-order valence-electron chi connectivity index (χ4n) is 3.94. The third kappa shape index (κ3) is 12.3. The summed E-state index contributed by atoms with van der Waals surface area (Å²) in [4.78, 5) is 13.2. The Bertz CT molecular complexity index is 752. The van der Waals surface area contributed by atoms with E-state index in [0.29, 0.717) is 6.42 Å². The van der Waals surface area contributed by atoms with Crippen LogP contribution in [0.25, 0.3) is 11.1 Å². The van der Waals surface area contributed by atoms with Crippen molar-refractivity contribution >= 4 is 16.9 Å². The summed E-state index contributed by atoms with van der Waals surface area (Å²) in [6.07, 6.45) is 17.1. The number of carbonyl (C=O) groups is 1. The van der Waals surface area contributed by atoms with Gasteiger partial charge in [-0.05, 0) is 48.2 Å². The molecule has 0 aliphatic rings. The third-order valence-electron chi connectivity index (χ3n) is 6.02. The van der Waals surface area contributed by atoms with Gasteiger partial charge in [-0.15, -0.1) is 0 Å². The van der Waals surface area contributed by atoms with Crippen LogP contribution in [0, 0.1) is 0 Å². The van der Waals surface area contributed by atoms with Crippen molar-refractivity contribution in [1.82, 2.24) is 0 Å². The van der Waals surface area contributed by atoms with E-state index in [2.05, 4.69) is 62.4 Å². The number of rotatable bonds is 18. The topological polar surface area (TPSA) is 26.3 Å². The first-order chi connectivity index (χ1) is 16.2. The summed E-state index contributed by atoms with van der Waals surface area (Å²) in [6, 6.07) is 16.7. The molecule has 0 radical (unpaired) electrons. The molecule has 3 heteroatoms. The van der Waals surface area contributed by atoms with Crippen molar-refractivity contribution in [1.29, 1.82) is 0 Å². The average Bonchev–Trinajstić information content (AvgIpc) is 2.84. The van der Waals surface area contributed by atoms with Crippen molar-refractivity contribution in [2.75, 3.05) is 6.61 Å². The molecule has 0 spiro atoms. The van der Waals surface area contributed by atoms with Gasteiger partial charge in [-0.25, -0.2) is 0 Å². The molecule has 0 saturated heterocycles. The van der Waals surface area contributed by atoms with Gasteiger partial charge < -0.3 is 4.74 Å². The van der Waals surface area contributed by atoms with Gasteiger partial charge in [-0.1, -0.05) is 121 Å². The first-order valence-corrected chi connectivity index (χ1v) is 14.1. The number of thioether (sulfide) groups is 1. The predicted octanol–water partition coefficient (Wildman–Crippen LogP) is 9.85. The first kappa shape index (κ1) is 27.5. The Balaban J connectivity index is 1.65. The monoisotopic (exact) mass is 468 g/mol. The Morgan fingerprint density at radius 3 is 1.70 bits per heavy atom. The van der Waals surface area contributed by atoms with Gasteiger partial charge >= 0.3 is 0 Å². The molecule has 2 rings (SSSR count). The van der Waals surface area contributed by atoms with Crippen LogP contribution in [-0.2, 0) is 4.79 Å². The Hall–Kier alpha value is -1.74. The molecule has 182 valence electrons. The molecule has 0 N–H and O–H groups in total. The Morgan fingerprint density at radius 1 is 0.636 bits per heavy atom.